The average Bonchev–Trinajstić information content (AvgIpc) is 2.42. The Balaban J connectivity index is 2.27. The zero-order valence-corrected chi connectivity index (χ0v) is 11.3. The largest absolute Gasteiger partial charge is 0.486 e. The number of rotatable bonds is 4. The lowest BCUT2D eigenvalue weighted by Gasteiger charge is -2.21. The van der Waals surface area contributed by atoms with Crippen molar-refractivity contribution in [1.82, 2.24) is 0 Å². The molecule has 2 unspecified atom stereocenters. The van der Waals surface area contributed by atoms with Crippen LogP contribution in [0.3, 0.4) is 0 Å². The minimum Gasteiger partial charge on any atom is -0.486 e. The summed E-state index contributed by atoms with van der Waals surface area (Å²) >= 11 is 0. The molecule has 2 atom stereocenters. The number of fused-ring (bicyclic) bond motifs is 1. The Morgan fingerprint density at radius 3 is 2.50 bits per heavy atom. The SMILES string of the molecule is NCCC(S(=O)c1ccc2c(c1)OCCO2)C(F)(F)F. The van der Waals surface area contributed by atoms with Gasteiger partial charge in [0.1, 0.15) is 18.5 Å². The van der Waals surface area contributed by atoms with E-state index in [1.807, 2.05) is 0 Å². The summed E-state index contributed by atoms with van der Waals surface area (Å²) in [4.78, 5) is 0.0602. The van der Waals surface area contributed by atoms with Crippen molar-refractivity contribution in [1.29, 1.82) is 0 Å². The van der Waals surface area contributed by atoms with Gasteiger partial charge in [-0.25, -0.2) is 0 Å². The molecule has 0 radical (unpaired) electrons. The quantitative estimate of drug-likeness (QED) is 0.922. The first-order chi connectivity index (χ1) is 9.43. The second-order valence-corrected chi connectivity index (χ2v) is 5.85. The number of halogens is 3. The standard InChI is InChI=1S/C12H14F3NO3S/c13-12(14,15)11(3-4-16)20(17)8-1-2-9-10(7-8)19-6-5-18-9/h1-2,7,11H,3-6,16H2. The smallest absolute Gasteiger partial charge is 0.403 e. The topological polar surface area (TPSA) is 61.6 Å². The molecule has 0 saturated heterocycles. The summed E-state index contributed by atoms with van der Waals surface area (Å²) in [7, 11) is -2.23. The van der Waals surface area contributed by atoms with Crippen LogP contribution in [-0.4, -0.2) is 35.4 Å². The fourth-order valence-electron chi connectivity index (χ4n) is 1.86. The lowest BCUT2D eigenvalue weighted by Crippen LogP contribution is -2.35. The normalized spacial score (nSPS) is 17.6. The van der Waals surface area contributed by atoms with Gasteiger partial charge in [-0.1, -0.05) is 0 Å². The van der Waals surface area contributed by atoms with Gasteiger partial charge in [0.05, 0.1) is 10.8 Å². The van der Waals surface area contributed by atoms with Crippen molar-refractivity contribution in [2.75, 3.05) is 19.8 Å². The molecule has 112 valence electrons. The van der Waals surface area contributed by atoms with Crippen LogP contribution in [0.5, 0.6) is 11.5 Å². The number of hydrogen-bond donors (Lipinski definition) is 1. The first kappa shape index (κ1) is 15.1. The van der Waals surface area contributed by atoms with Crippen LogP contribution < -0.4 is 15.2 Å². The Hall–Kier alpha value is -1.28. The molecule has 1 aromatic rings. The van der Waals surface area contributed by atoms with Crippen LogP contribution in [0.15, 0.2) is 23.1 Å². The molecule has 0 aliphatic carbocycles. The molecule has 2 N–H and O–H groups in total. The van der Waals surface area contributed by atoms with Crippen molar-refractivity contribution < 1.29 is 26.9 Å². The van der Waals surface area contributed by atoms with E-state index < -0.39 is 22.2 Å². The van der Waals surface area contributed by atoms with Crippen molar-refractivity contribution in [3.8, 4) is 11.5 Å². The monoisotopic (exact) mass is 309 g/mol. The van der Waals surface area contributed by atoms with E-state index in [0.717, 1.165) is 0 Å². The minimum atomic E-state index is -4.56. The number of ether oxygens (including phenoxy) is 2. The molecule has 2 rings (SSSR count). The first-order valence-electron chi connectivity index (χ1n) is 6.00. The van der Waals surface area contributed by atoms with Gasteiger partial charge in [-0.2, -0.15) is 13.2 Å². The van der Waals surface area contributed by atoms with Gasteiger partial charge in [0.25, 0.3) is 0 Å². The zero-order chi connectivity index (χ0) is 14.8. The predicted octanol–water partition coefficient (Wildman–Crippen LogP) is 1.85. The zero-order valence-electron chi connectivity index (χ0n) is 10.5. The fraction of sp³-hybridized carbons (Fsp3) is 0.500. The number of alkyl halides is 3. The second kappa shape index (κ2) is 6.01. The van der Waals surface area contributed by atoms with Crippen LogP contribution in [0.25, 0.3) is 0 Å². The molecule has 0 bridgehead atoms. The second-order valence-electron chi connectivity index (χ2n) is 4.21. The Morgan fingerprint density at radius 1 is 1.25 bits per heavy atom. The summed E-state index contributed by atoms with van der Waals surface area (Å²) in [5.41, 5.74) is 5.17. The van der Waals surface area contributed by atoms with Gasteiger partial charge in [-0.15, -0.1) is 0 Å². The highest BCUT2D eigenvalue weighted by atomic mass is 32.2. The van der Waals surface area contributed by atoms with Gasteiger partial charge >= 0.3 is 6.18 Å². The Bertz CT molecular complexity index is 507. The van der Waals surface area contributed by atoms with Crippen molar-refractivity contribution in [2.45, 2.75) is 22.7 Å². The van der Waals surface area contributed by atoms with E-state index in [1.165, 1.54) is 18.2 Å². The molecular weight excluding hydrogens is 295 g/mol. The van der Waals surface area contributed by atoms with Crippen LogP contribution in [0, 0.1) is 0 Å². The summed E-state index contributed by atoms with van der Waals surface area (Å²) < 4.78 is 61.3. The maximum atomic E-state index is 12.9. The average molecular weight is 309 g/mol. The summed E-state index contributed by atoms with van der Waals surface area (Å²) in [6.45, 7) is 0.517. The molecule has 4 nitrogen and oxygen atoms in total. The Labute approximate surface area is 116 Å². The highest BCUT2D eigenvalue weighted by Crippen LogP contribution is 2.35. The third-order valence-electron chi connectivity index (χ3n) is 2.80. The molecular formula is C12H14F3NO3S. The molecule has 0 fully saturated rings. The number of hydrogen-bond acceptors (Lipinski definition) is 4. The number of nitrogens with two attached hydrogens (primary N) is 1. The summed E-state index contributed by atoms with van der Waals surface area (Å²) in [6, 6.07) is 4.16. The molecule has 1 aliphatic rings. The van der Waals surface area contributed by atoms with Crippen LogP contribution in [-0.2, 0) is 10.8 Å². The molecule has 0 aromatic heterocycles. The van der Waals surface area contributed by atoms with Crippen molar-refractivity contribution in [2.24, 2.45) is 5.73 Å². The third-order valence-corrected chi connectivity index (χ3v) is 4.54. The molecule has 1 aliphatic heterocycles. The molecule has 8 heteroatoms. The highest BCUT2D eigenvalue weighted by molar-refractivity contribution is 7.85. The van der Waals surface area contributed by atoms with Gasteiger partial charge in [0, 0.05) is 11.0 Å². The molecule has 1 aromatic carbocycles. The van der Waals surface area contributed by atoms with Gasteiger partial charge in [0.2, 0.25) is 0 Å². The molecule has 0 amide bonds. The van der Waals surface area contributed by atoms with Crippen LogP contribution in [0.2, 0.25) is 0 Å². The van der Waals surface area contributed by atoms with E-state index >= 15 is 0 Å². The van der Waals surface area contributed by atoms with Gasteiger partial charge in [-0.3, -0.25) is 4.21 Å². The molecule has 0 spiro atoms. The molecule has 20 heavy (non-hydrogen) atoms. The highest BCUT2D eigenvalue weighted by Gasteiger charge is 2.43. The van der Waals surface area contributed by atoms with E-state index in [0.29, 0.717) is 24.7 Å². The number of benzene rings is 1. The van der Waals surface area contributed by atoms with E-state index in [9.17, 15) is 17.4 Å². The maximum Gasteiger partial charge on any atom is 0.403 e. The Kier molecular flexibility index (Phi) is 4.54. The van der Waals surface area contributed by atoms with Crippen LogP contribution in [0.4, 0.5) is 13.2 Å². The first-order valence-corrected chi connectivity index (χ1v) is 7.22. The van der Waals surface area contributed by atoms with Gasteiger partial charge in [-0.05, 0) is 25.1 Å². The van der Waals surface area contributed by atoms with Crippen molar-refractivity contribution in [3.63, 3.8) is 0 Å². The van der Waals surface area contributed by atoms with Crippen molar-refractivity contribution >= 4 is 10.8 Å². The van der Waals surface area contributed by atoms with Crippen molar-refractivity contribution in [3.05, 3.63) is 18.2 Å². The van der Waals surface area contributed by atoms with Gasteiger partial charge in [0.15, 0.2) is 11.5 Å². The Morgan fingerprint density at radius 2 is 1.90 bits per heavy atom. The summed E-state index contributed by atoms with van der Waals surface area (Å²) in [5.74, 6) is 0.759. The predicted molar refractivity (Wildman–Crippen MR) is 67.4 cm³/mol. The fourth-order valence-corrected chi connectivity index (χ4v) is 3.20. The molecule has 0 saturated carbocycles. The minimum absolute atomic E-state index is 0.0602. The summed E-state index contributed by atoms with van der Waals surface area (Å²) in [6.07, 6.45) is -4.94. The third kappa shape index (κ3) is 3.24. The van der Waals surface area contributed by atoms with E-state index in [4.69, 9.17) is 15.2 Å². The van der Waals surface area contributed by atoms with E-state index in [2.05, 4.69) is 0 Å². The van der Waals surface area contributed by atoms with Crippen LogP contribution >= 0.6 is 0 Å². The molecule has 1 heterocycles. The summed E-state index contributed by atoms with van der Waals surface area (Å²) in [5, 5.41) is -1.98. The maximum absolute atomic E-state index is 12.9. The lowest BCUT2D eigenvalue weighted by atomic mass is 10.3. The lowest BCUT2D eigenvalue weighted by molar-refractivity contribution is -0.130. The van der Waals surface area contributed by atoms with Gasteiger partial charge < -0.3 is 15.2 Å². The van der Waals surface area contributed by atoms with E-state index in [-0.39, 0.29) is 17.9 Å². The van der Waals surface area contributed by atoms with Crippen LogP contribution in [0.1, 0.15) is 6.42 Å². The van der Waals surface area contributed by atoms with E-state index in [1.54, 1.807) is 0 Å².